The van der Waals surface area contributed by atoms with Crippen LogP contribution in [0.5, 0.6) is 5.75 Å². The molecule has 0 radical (unpaired) electrons. The van der Waals surface area contributed by atoms with Crippen LogP contribution in [-0.4, -0.2) is 17.7 Å². The minimum absolute atomic E-state index is 0.480. The minimum atomic E-state index is -0.579. The van der Waals surface area contributed by atoms with Gasteiger partial charge in [-0.15, -0.1) is 0 Å². The second-order valence-electron chi connectivity index (χ2n) is 15.3. The van der Waals surface area contributed by atoms with Crippen molar-refractivity contribution in [2.45, 2.75) is 122 Å². The second-order valence-corrected chi connectivity index (χ2v) is 16.7. The van der Waals surface area contributed by atoms with Gasteiger partial charge in [-0.3, -0.25) is 4.79 Å². The molecule has 1 aromatic rings. The van der Waals surface area contributed by atoms with E-state index in [1.807, 2.05) is 6.92 Å². The highest BCUT2D eigenvalue weighted by molar-refractivity contribution is 14.1. The Bertz CT molecular complexity index is 1170. The van der Waals surface area contributed by atoms with Crippen LogP contribution in [0.4, 0.5) is 0 Å². The summed E-state index contributed by atoms with van der Waals surface area (Å²) in [5, 5.41) is 9.71. The third-order valence-electron chi connectivity index (χ3n) is 12.4. The molecule has 1 N–H and O–H groups in total. The number of aliphatic carboxylic acids is 1. The topological polar surface area (TPSA) is 46.5 Å². The first-order chi connectivity index (χ1) is 19.3. The van der Waals surface area contributed by atoms with E-state index in [2.05, 4.69) is 47.7 Å². The molecule has 5 saturated carbocycles. The summed E-state index contributed by atoms with van der Waals surface area (Å²) in [6.07, 6.45) is 21.0. The van der Waals surface area contributed by atoms with Crippen molar-refractivity contribution in [3.8, 4) is 5.75 Å². The van der Waals surface area contributed by atoms with E-state index in [1.165, 1.54) is 79.1 Å². The van der Waals surface area contributed by atoms with Gasteiger partial charge in [0, 0.05) is 0 Å². The Hall–Kier alpha value is -1.04. The molecule has 0 heterocycles. The summed E-state index contributed by atoms with van der Waals surface area (Å²) in [6, 6.07) is 5.10. The van der Waals surface area contributed by atoms with Gasteiger partial charge in [0.1, 0.15) is 5.75 Å². The molecule has 40 heavy (non-hydrogen) atoms. The minimum Gasteiger partial charge on any atom is -0.493 e. The van der Waals surface area contributed by atoms with Gasteiger partial charge in [0.05, 0.1) is 12.0 Å². The van der Waals surface area contributed by atoms with E-state index in [-0.39, 0.29) is 0 Å². The van der Waals surface area contributed by atoms with Gasteiger partial charge in [0.2, 0.25) is 0 Å². The zero-order chi connectivity index (χ0) is 27.6. The van der Waals surface area contributed by atoms with Crippen LogP contribution in [0.1, 0.15) is 132 Å². The lowest BCUT2D eigenvalue weighted by molar-refractivity contribution is -0.151. The maximum atomic E-state index is 11.8. The van der Waals surface area contributed by atoms with Crippen molar-refractivity contribution in [2.75, 3.05) is 6.61 Å². The molecule has 4 atom stereocenters. The highest BCUT2D eigenvalue weighted by atomic mass is 127. The number of benzene rings is 1. The summed E-state index contributed by atoms with van der Waals surface area (Å²) in [7, 11) is 0. The maximum absolute atomic E-state index is 11.8. The zero-order valence-electron chi connectivity index (χ0n) is 24.7. The number of allylic oxidation sites excluding steroid dienone is 2. The highest BCUT2D eigenvalue weighted by Crippen LogP contribution is 2.71. The smallest absolute Gasteiger partial charge is 0.309 e. The quantitative estimate of drug-likeness (QED) is 0.269. The molecule has 218 valence electrons. The third kappa shape index (κ3) is 5.19. The lowest BCUT2D eigenvalue weighted by atomic mass is 9.50. The van der Waals surface area contributed by atoms with E-state index in [1.54, 1.807) is 11.1 Å². The summed E-state index contributed by atoms with van der Waals surface area (Å²) < 4.78 is 8.00. The van der Waals surface area contributed by atoms with Crippen LogP contribution in [0, 0.1) is 40.4 Å². The van der Waals surface area contributed by atoms with Crippen LogP contribution in [0.25, 0.3) is 0 Å². The summed E-state index contributed by atoms with van der Waals surface area (Å²) >= 11 is 2.53. The molecule has 7 rings (SSSR count). The maximum Gasteiger partial charge on any atom is 0.309 e. The van der Waals surface area contributed by atoms with Crippen molar-refractivity contribution in [3.63, 3.8) is 0 Å². The van der Waals surface area contributed by atoms with Crippen molar-refractivity contribution in [2.24, 2.45) is 40.4 Å². The molecular weight excluding hydrogens is 607 g/mol. The van der Waals surface area contributed by atoms with Gasteiger partial charge < -0.3 is 9.84 Å². The zero-order valence-corrected chi connectivity index (χ0v) is 26.9. The molecule has 4 heteroatoms. The van der Waals surface area contributed by atoms with E-state index >= 15 is 0 Å². The van der Waals surface area contributed by atoms with E-state index in [4.69, 9.17) is 4.74 Å². The summed E-state index contributed by atoms with van der Waals surface area (Å²) in [6.45, 7) is 5.02. The Balaban J connectivity index is 1.04. The number of hydrogen-bond donors (Lipinski definition) is 1. The first-order valence-corrected chi connectivity index (χ1v) is 17.7. The summed E-state index contributed by atoms with van der Waals surface area (Å²) in [5.41, 5.74) is 4.86. The van der Waals surface area contributed by atoms with Crippen molar-refractivity contribution in [3.05, 3.63) is 38.5 Å². The molecule has 4 unspecified atom stereocenters. The molecule has 1 spiro atoms. The summed E-state index contributed by atoms with van der Waals surface area (Å²) in [5.74, 6) is 6.42. The fourth-order valence-electron chi connectivity index (χ4n) is 9.92. The van der Waals surface area contributed by atoms with Gasteiger partial charge in [-0.1, -0.05) is 19.1 Å². The van der Waals surface area contributed by atoms with Gasteiger partial charge in [-0.25, -0.2) is 0 Å². The van der Waals surface area contributed by atoms with Crippen LogP contribution < -0.4 is 4.74 Å². The van der Waals surface area contributed by atoms with E-state index in [0.717, 1.165) is 74.2 Å². The normalized spacial score (nSPS) is 40.3. The van der Waals surface area contributed by atoms with Crippen molar-refractivity contribution in [1.82, 2.24) is 0 Å². The fraction of sp³-hybridized carbons (Fsp3) is 0.750. The van der Waals surface area contributed by atoms with E-state index in [0.29, 0.717) is 11.3 Å². The fourth-order valence-corrected chi connectivity index (χ4v) is 10.7. The van der Waals surface area contributed by atoms with Crippen molar-refractivity contribution in [1.29, 1.82) is 0 Å². The number of carboxylic acids is 1. The Labute approximate surface area is 255 Å². The Morgan fingerprint density at radius 3 is 2.40 bits per heavy atom. The third-order valence-corrected chi connectivity index (χ3v) is 13.3. The number of rotatable bonds is 9. The Kier molecular flexibility index (Phi) is 7.36. The number of carbonyl (C=O) groups is 1. The molecule has 0 amide bonds. The largest absolute Gasteiger partial charge is 0.493 e. The SMILES string of the molecule is CCCOc1cc(C2CC=C(I)C2)c(C2CC2)cc1CC1CC2(C1)CC(C1CCC(C)(C(=O)O)CC1)CC1CC12. The predicted octanol–water partition coefficient (Wildman–Crippen LogP) is 9.82. The molecule has 0 saturated heterocycles. The average Bonchev–Trinajstić information content (AvgIpc) is 3.85. The number of carboxylic acid groups (broad SMARTS) is 1. The van der Waals surface area contributed by atoms with Gasteiger partial charge in [0.25, 0.3) is 0 Å². The average molecular weight is 657 g/mol. The van der Waals surface area contributed by atoms with Gasteiger partial charge >= 0.3 is 5.97 Å². The van der Waals surface area contributed by atoms with Gasteiger partial charge in [-0.2, -0.15) is 0 Å². The first kappa shape index (κ1) is 27.8. The molecule has 6 aliphatic rings. The van der Waals surface area contributed by atoms with Crippen molar-refractivity contribution < 1.29 is 14.6 Å². The summed E-state index contributed by atoms with van der Waals surface area (Å²) in [4.78, 5) is 11.8. The van der Waals surface area contributed by atoms with E-state index in [9.17, 15) is 9.90 Å². The number of hydrogen-bond acceptors (Lipinski definition) is 2. The van der Waals surface area contributed by atoms with Crippen LogP contribution in [0.2, 0.25) is 0 Å². The van der Waals surface area contributed by atoms with Crippen molar-refractivity contribution >= 4 is 28.6 Å². The molecule has 6 aliphatic carbocycles. The Morgan fingerprint density at radius 1 is 1.00 bits per heavy atom. The monoisotopic (exact) mass is 656 g/mol. The van der Waals surface area contributed by atoms with Crippen LogP contribution >= 0.6 is 22.6 Å². The molecule has 0 aliphatic heterocycles. The Morgan fingerprint density at radius 2 is 1.75 bits per heavy atom. The lowest BCUT2D eigenvalue weighted by Crippen LogP contribution is -2.46. The highest BCUT2D eigenvalue weighted by Gasteiger charge is 2.62. The number of fused-ring (bicyclic) bond motifs is 2. The van der Waals surface area contributed by atoms with Crippen LogP contribution in [0.3, 0.4) is 0 Å². The first-order valence-electron chi connectivity index (χ1n) is 16.6. The number of halogens is 1. The molecular formula is C36H49IO3. The lowest BCUT2D eigenvalue weighted by Gasteiger charge is -2.54. The standard InChI is InChI=1S/C36H49IO3/c1-3-12-40-33-18-31(25-6-7-29(37)15-25)30(24-4-5-24)16-27(33)13-22-19-36(20-22)21-28(14-26-17-32(26)36)23-8-10-35(2,11-9-23)34(38)39/h7,16,18,22-26,28,32H,3-6,8-15,17,19-21H2,1-2H3,(H,38,39). The van der Waals surface area contributed by atoms with E-state index < -0.39 is 11.4 Å². The molecule has 0 bridgehead atoms. The molecule has 5 fully saturated rings. The molecule has 1 aromatic carbocycles. The molecule has 3 nitrogen and oxygen atoms in total. The predicted molar refractivity (Wildman–Crippen MR) is 169 cm³/mol. The van der Waals surface area contributed by atoms with Crippen LogP contribution in [-0.2, 0) is 11.2 Å². The van der Waals surface area contributed by atoms with Gasteiger partial charge in [0.15, 0.2) is 0 Å². The molecule has 0 aromatic heterocycles. The number of ether oxygens (including phenoxy) is 1. The van der Waals surface area contributed by atoms with Gasteiger partial charge in [-0.05, 0) is 199 Å². The van der Waals surface area contributed by atoms with Crippen LogP contribution in [0.15, 0.2) is 21.8 Å². The second kappa shape index (κ2) is 10.6.